The van der Waals surface area contributed by atoms with Gasteiger partial charge < -0.3 is 4.74 Å². The van der Waals surface area contributed by atoms with Crippen LogP contribution >= 0.6 is 0 Å². The molecule has 1 amide bonds. The van der Waals surface area contributed by atoms with Crippen molar-refractivity contribution in [3.63, 3.8) is 0 Å². The lowest BCUT2D eigenvalue weighted by atomic mass is 10.2. The SMILES string of the molecule is C=CC(=O)N(C[C]=O)c1ncccc1C(=O)OCC. The molecule has 0 aliphatic carbocycles. The van der Waals surface area contributed by atoms with Crippen LogP contribution < -0.4 is 4.90 Å². The number of anilines is 1. The quantitative estimate of drug-likeness (QED) is 0.561. The molecule has 99 valence electrons. The third-order valence-corrected chi connectivity index (χ3v) is 2.20. The fraction of sp³-hybridized carbons (Fsp3) is 0.231. The van der Waals surface area contributed by atoms with Gasteiger partial charge in [0.15, 0.2) is 0 Å². The first-order valence-electron chi connectivity index (χ1n) is 5.56. The fourth-order valence-electron chi connectivity index (χ4n) is 1.41. The van der Waals surface area contributed by atoms with E-state index < -0.39 is 11.9 Å². The number of hydrogen-bond donors (Lipinski definition) is 0. The van der Waals surface area contributed by atoms with Crippen LogP contribution in [0.15, 0.2) is 31.0 Å². The Morgan fingerprint density at radius 2 is 2.32 bits per heavy atom. The van der Waals surface area contributed by atoms with Crippen molar-refractivity contribution in [3.8, 4) is 0 Å². The number of esters is 1. The second-order valence-electron chi connectivity index (χ2n) is 3.37. The van der Waals surface area contributed by atoms with Crippen LogP contribution in [0.5, 0.6) is 0 Å². The molecule has 0 aliphatic rings. The molecule has 0 saturated heterocycles. The van der Waals surface area contributed by atoms with E-state index in [1.165, 1.54) is 18.3 Å². The Morgan fingerprint density at radius 1 is 1.58 bits per heavy atom. The van der Waals surface area contributed by atoms with Gasteiger partial charge in [0.2, 0.25) is 6.29 Å². The molecule has 1 rings (SSSR count). The van der Waals surface area contributed by atoms with Gasteiger partial charge in [-0.2, -0.15) is 0 Å². The van der Waals surface area contributed by atoms with Crippen molar-refractivity contribution in [3.05, 3.63) is 36.5 Å². The Morgan fingerprint density at radius 3 is 2.89 bits per heavy atom. The standard InChI is InChI=1S/C13H13N2O4/c1-3-11(17)15(8-9-16)12-10(6-5-7-14-12)13(18)19-4-2/h3,5-7H,1,4,8H2,2H3. The lowest BCUT2D eigenvalue weighted by Gasteiger charge is -2.19. The second-order valence-corrected chi connectivity index (χ2v) is 3.37. The minimum absolute atomic E-state index is 0.0502. The van der Waals surface area contributed by atoms with Gasteiger partial charge >= 0.3 is 5.97 Å². The lowest BCUT2D eigenvalue weighted by molar-refractivity contribution is -0.114. The predicted octanol–water partition coefficient (Wildman–Crippen LogP) is 0.887. The zero-order chi connectivity index (χ0) is 14.3. The molecular formula is C13H13N2O4. The van der Waals surface area contributed by atoms with Gasteiger partial charge in [-0.3, -0.25) is 14.5 Å². The third-order valence-electron chi connectivity index (χ3n) is 2.20. The summed E-state index contributed by atoms with van der Waals surface area (Å²) in [7, 11) is 0. The molecule has 19 heavy (non-hydrogen) atoms. The zero-order valence-electron chi connectivity index (χ0n) is 10.5. The van der Waals surface area contributed by atoms with Gasteiger partial charge in [0.25, 0.3) is 5.91 Å². The van der Waals surface area contributed by atoms with Crippen LogP contribution in [0, 0.1) is 0 Å². The number of hydrogen-bond acceptors (Lipinski definition) is 5. The molecule has 1 aromatic rings. The minimum atomic E-state index is -0.613. The molecule has 0 bridgehead atoms. The Labute approximate surface area is 110 Å². The number of ether oxygens (including phenoxy) is 1. The highest BCUT2D eigenvalue weighted by Crippen LogP contribution is 2.18. The van der Waals surface area contributed by atoms with Crippen molar-refractivity contribution in [1.82, 2.24) is 4.98 Å². The van der Waals surface area contributed by atoms with Gasteiger partial charge in [-0.05, 0) is 25.1 Å². The van der Waals surface area contributed by atoms with Crippen molar-refractivity contribution in [2.45, 2.75) is 6.92 Å². The molecule has 0 saturated carbocycles. The maximum Gasteiger partial charge on any atom is 0.341 e. The first kappa shape index (κ1) is 14.6. The van der Waals surface area contributed by atoms with Crippen LogP contribution in [0.25, 0.3) is 0 Å². The van der Waals surface area contributed by atoms with E-state index in [-0.39, 0.29) is 24.5 Å². The van der Waals surface area contributed by atoms with E-state index in [2.05, 4.69) is 11.6 Å². The Bertz CT molecular complexity index is 499. The zero-order valence-corrected chi connectivity index (χ0v) is 10.5. The molecule has 6 nitrogen and oxygen atoms in total. The number of nitrogens with zero attached hydrogens (tertiary/aromatic N) is 2. The third kappa shape index (κ3) is 3.48. The van der Waals surface area contributed by atoms with Crippen molar-refractivity contribution in [2.75, 3.05) is 18.1 Å². The van der Waals surface area contributed by atoms with Gasteiger partial charge in [-0.1, -0.05) is 6.58 Å². The van der Waals surface area contributed by atoms with Crippen LogP contribution in [-0.4, -0.2) is 36.3 Å². The molecule has 6 heteroatoms. The van der Waals surface area contributed by atoms with E-state index in [4.69, 9.17) is 4.74 Å². The smallest absolute Gasteiger partial charge is 0.341 e. The summed E-state index contributed by atoms with van der Waals surface area (Å²) in [5, 5.41) is 0. The van der Waals surface area contributed by atoms with Gasteiger partial charge in [-0.15, -0.1) is 0 Å². The highest BCUT2D eigenvalue weighted by Gasteiger charge is 2.22. The van der Waals surface area contributed by atoms with Gasteiger partial charge in [-0.25, -0.2) is 9.78 Å². The number of carbonyl (C=O) groups is 2. The van der Waals surface area contributed by atoms with Gasteiger partial charge in [0.05, 0.1) is 13.2 Å². The summed E-state index contributed by atoms with van der Waals surface area (Å²) in [6.45, 7) is 4.86. The molecule has 0 fully saturated rings. The predicted molar refractivity (Wildman–Crippen MR) is 68.4 cm³/mol. The summed E-state index contributed by atoms with van der Waals surface area (Å²) in [5.74, 6) is -1.11. The molecule has 0 spiro atoms. The Kier molecular flexibility index (Phi) is 5.40. The monoisotopic (exact) mass is 261 g/mol. The first-order valence-corrected chi connectivity index (χ1v) is 5.56. The topological polar surface area (TPSA) is 76.6 Å². The maximum absolute atomic E-state index is 11.8. The molecule has 1 aromatic heterocycles. The van der Waals surface area contributed by atoms with Crippen LogP contribution in [0.1, 0.15) is 17.3 Å². The van der Waals surface area contributed by atoms with E-state index >= 15 is 0 Å². The normalized spacial score (nSPS) is 9.53. The molecule has 0 N–H and O–H groups in total. The lowest BCUT2D eigenvalue weighted by Crippen LogP contribution is -2.33. The molecular weight excluding hydrogens is 248 g/mol. The van der Waals surface area contributed by atoms with E-state index in [0.717, 1.165) is 11.0 Å². The van der Waals surface area contributed by atoms with Crippen LogP contribution in [0.4, 0.5) is 5.82 Å². The van der Waals surface area contributed by atoms with E-state index in [1.54, 1.807) is 13.2 Å². The number of aromatic nitrogens is 1. The largest absolute Gasteiger partial charge is 0.462 e. The van der Waals surface area contributed by atoms with Crippen molar-refractivity contribution in [2.24, 2.45) is 0 Å². The first-order chi connectivity index (χ1) is 9.15. The fourth-order valence-corrected chi connectivity index (χ4v) is 1.41. The second kappa shape index (κ2) is 7.05. The van der Waals surface area contributed by atoms with Crippen LogP contribution in [-0.2, 0) is 14.3 Å². The summed E-state index contributed by atoms with van der Waals surface area (Å²) in [6.07, 6.45) is 4.03. The Balaban J connectivity index is 3.22. The maximum atomic E-state index is 11.8. The Hall–Kier alpha value is -2.50. The average Bonchev–Trinajstić information content (AvgIpc) is 2.44. The van der Waals surface area contributed by atoms with E-state index in [1.807, 2.05) is 0 Å². The van der Waals surface area contributed by atoms with Crippen LogP contribution in [0.2, 0.25) is 0 Å². The summed E-state index contributed by atoms with van der Waals surface area (Å²) in [4.78, 5) is 38.9. The number of carbonyl (C=O) groups excluding carboxylic acids is 3. The van der Waals surface area contributed by atoms with E-state index in [0.29, 0.717) is 0 Å². The number of amides is 1. The van der Waals surface area contributed by atoms with E-state index in [9.17, 15) is 14.4 Å². The van der Waals surface area contributed by atoms with Crippen LogP contribution in [0.3, 0.4) is 0 Å². The molecule has 0 aliphatic heterocycles. The van der Waals surface area contributed by atoms with Crippen molar-refractivity contribution < 1.29 is 19.1 Å². The number of pyridine rings is 1. The summed E-state index contributed by atoms with van der Waals surface area (Å²) >= 11 is 0. The average molecular weight is 261 g/mol. The molecule has 0 atom stereocenters. The minimum Gasteiger partial charge on any atom is -0.462 e. The number of rotatable bonds is 6. The van der Waals surface area contributed by atoms with Gasteiger partial charge in [0, 0.05) is 6.20 Å². The highest BCUT2D eigenvalue weighted by molar-refractivity contribution is 6.06. The highest BCUT2D eigenvalue weighted by atomic mass is 16.5. The van der Waals surface area contributed by atoms with Gasteiger partial charge in [0.1, 0.15) is 11.4 Å². The molecule has 0 aromatic carbocycles. The summed E-state index contributed by atoms with van der Waals surface area (Å²) in [6, 6.07) is 3.01. The molecule has 1 radical (unpaired) electrons. The molecule has 1 heterocycles. The summed E-state index contributed by atoms with van der Waals surface area (Å²) in [5.41, 5.74) is 0.106. The van der Waals surface area contributed by atoms with Crippen molar-refractivity contribution in [1.29, 1.82) is 0 Å². The molecule has 0 unspecified atom stereocenters. The van der Waals surface area contributed by atoms with Crippen molar-refractivity contribution >= 4 is 24.0 Å². The summed E-state index contributed by atoms with van der Waals surface area (Å²) < 4.78 is 4.87.